The van der Waals surface area contributed by atoms with Gasteiger partial charge in [0.25, 0.3) is 5.69 Å². The molecule has 0 spiro atoms. The lowest BCUT2D eigenvalue weighted by molar-refractivity contribution is -0.384. The minimum atomic E-state index is -0.424. The zero-order valence-corrected chi connectivity index (χ0v) is 14.3. The van der Waals surface area contributed by atoms with Crippen LogP contribution in [-0.2, 0) is 4.79 Å². The fourth-order valence-corrected chi connectivity index (χ4v) is 3.29. The number of hydrogen-bond donors (Lipinski definition) is 2. The van der Waals surface area contributed by atoms with E-state index in [4.69, 9.17) is 0 Å². The van der Waals surface area contributed by atoms with E-state index in [9.17, 15) is 14.9 Å². The first-order valence-corrected chi connectivity index (χ1v) is 8.41. The maximum absolute atomic E-state index is 12.0. The predicted molar refractivity (Wildman–Crippen MR) is 94.0 cm³/mol. The van der Waals surface area contributed by atoms with Crippen LogP contribution in [0.2, 0.25) is 0 Å². The number of piperidine rings is 1. The Bertz CT molecular complexity index is 551. The van der Waals surface area contributed by atoms with Crippen LogP contribution in [0.25, 0.3) is 0 Å². The number of nitro groups is 1. The monoisotopic (exact) mass is 334 g/mol. The zero-order chi connectivity index (χ0) is 17.5. The van der Waals surface area contributed by atoms with Crippen molar-refractivity contribution in [3.8, 4) is 0 Å². The number of carbonyl (C=O) groups excluding carboxylic acids is 1. The molecule has 0 aliphatic carbocycles. The minimum Gasteiger partial charge on any atom is -0.383 e. The van der Waals surface area contributed by atoms with E-state index in [-0.39, 0.29) is 11.6 Å². The Balaban J connectivity index is 1.64. The summed E-state index contributed by atoms with van der Waals surface area (Å²) in [4.78, 5) is 24.4. The topological polar surface area (TPSA) is 87.5 Å². The van der Waals surface area contributed by atoms with Crippen LogP contribution in [0.5, 0.6) is 0 Å². The molecule has 2 rings (SSSR count). The van der Waals surface area contributed by atoms with Gasteiger partial charge in [0, 0.05) is 44.0 Å². The van der Waals surface area contributed by atoms with E-state index in [0.717, 1.165) is 18.8 Å². The quantitative estimate of drug-likeness (QED) is 0.453. The van der Waals surface area contributed by atoms with Gasteiger partial charge in [-0.05, 0) is 30.4 Å². The minimum absolute atomic E-state index is 0.0433. The standard InChI is InChI=1S/C17H26N4O3/c1-13-9-14(2)11-20(10-13)12-17(22)19-8-7-18-15-3-5-16(6-4-15)21(23)24/h3-6,13-14,18H,7-12H2,1-2H3,(H,19,22)/t13-,14-/m1/s1. The number of nitrogens with zero attached hydrogens (tertiary/aromatic N) is 2. The first-order chi connectivity index (χ1) is 11.4. The number of non-ortho nitro benzene ring substituents is 1. The first-order valence-electron chi connectivity index (χ1n) is 8.41. The van der Waals surface area contributed by atoms with Crippen molar-refractivity contribution in [2.24, 2.45) is 11.8 Å². The van der Waals surface area contributed by atoms with Crippen molar-refractivity contribution in [2.45, 2.75) is 20.3 Å². The molecule has 24 heavy (non-hydrogen) atoms. The van der Waals surface area contributed by atoms with Crippen molar-refractivity contribution >= 4 is 17.3 Å². The molecule has 1 aliphatic rings. The van der Waals surface area contributed by atoms with Gasteiger partial charge in [-0.15, -0.1) is 0 Å². The molecule has 0 aromatic heterocycles. The molecule has 1 heterocycles. The molecule has 1 saturated heterocycles. The lowest BCUT2D eigenvalue weighted by Crippen LogP contribution is -2.45. The van der Waals surface area contributed by atoms with Gasteiger partial charge < -0.3 is 10.6 Å². The molecular weight excluding hydrogens is 308 g/mol. The SMILES string of the molecule is C[C@@H]1C[C@@H](C)CN(CC(=O)NCCNc2ccc([N+](=O)[O-])cc2)C1. The molecule has 1 aliphatic heterocycles. The van der Waals surface area contributed by atoms with Crippen molar-refractivity contribution in [3.05, 3.63) is 34.4 Å². The number of rotatable bonds is 7. The summed E-state index contributed by atoms with van der Waals surface area (Å²) in [6, 6.07) is 6.24. The van der Waals surface area contributed by atoms with Crippen LogP contribution in [-0.4, -0.2) is 48.5 Å². The summed E-state index contributed by atoms with van der Waals surface area (Å²) in [6.07, 6.45) is 1.23. The molecule has 7 nitrogen and oxygen atoms in total. The maximum atomic E-state index is 12.0. The van der Waals surface area contributed by atoms with E-state index < -0.39 is 4.92 Å². The van der Waals surface area contributed by atoms with Crippen LogP contribution in [0.3, 0.4) is 0 Å². The largest absolute Gasteiger partial charge is 0.383 e. The number of hydrogen-bond acceptors (Lipinski definition) is 5. The van der Waals surface area contributed by atoms with Crippen molar-refractivity contribution in [1.82, 2.24) is 10.2 Å². The number of nitrogens with one attached hydrogen (secondary N) is 2. The van der Waals surface area contributed by atoms with E-state index in [2.05, 4.69) is 29.4 Å². The molecule has 7 heteroatoms. The Morgan fingerprint density at radius 1 is 1.21 bits per heavy atom. The summed E-state index contributed by atoms with van der Waals surface area (Å²) in [5.74, 6) is 1.33. The van der Waals surface area contributed by atoms with Gasteiger partial charge in [0.15, 0.2) is 0 Å². The Kier molecular flexibility index (Phi) is 6.54. The molecule has 132 valence electrons. The third-order valence-electron chi connectivity index (χ3n) is 4.17. The first kappa shape index (κ1) is 18.2. The smallest absolute Gasteiger partial charge is 0.269 e. The van der Waals surface area contributed by atoms with Crippen LogP contribution in [0, 0.1) is 22.0 Å². The molecule has 2 atom stereocenters. The molecule has 0 radical (unpaired) electrons. The Morgan fingerprint density at radius 2 is 1.83 bits per heavy atom. The van der Waals surface area contributed by atoms with Crippen molar-refractivity contribution in [3.63, 3.8) is 0 Å². The van der Waals surface area contributed by atoms with E-state index in [1.807, 2.05) is 0 Å². The van der Waals surface area contributed by atoms with Crippen molar-refractivity contribution in [2.75, 3.05) is 38.0 Å². The third kappa shape index (κ3) is 5.81. The molecule has 0 bridgehead atoms. The van der Waals surface area contributed by atoms with Crippen molar-refractivity contribution < 1.29 is 9.72 Å². The average molecular weight is 334 g/mol. The number of likely N-dealkylation sites (tertiary alicyclic amines) is 1. The number of nitro benzene ring substituents is 1. The van der Waals surface area contributed by atoms with Gasteiger partial charge in [-0.3, -0.25) is 19.8 Å². The lowest BCUT2D eigenvalue weighted by atomic mass is 9.92. The second-order valence-corrected chi connectivity index (χ2v) is 6.72. The molecule has 0 unspecified atom stereocenters. The van der Waals surface area contributed by atoms with Crippen LogP contribution >= 0.6 is 0 Å². The summed E-state index contributed by atoms with van der Waals surface area (Å²) < 4.78 is 0. The zero-order valence-electron chi connectivity index (χ0n) is 14.3. The third-order valence-corrected chi connectivity index (χ3v) is 4.17. The molecule has 1 aromatic carbocycles. The van der Waals surface area contributed by atoms with Gasteiger partial charge >= 0.3 is 0 Å². The molecule has 1 fully saturated rings. The highest BCUT2D eigenvalue weighted by Crippen LogP contribution is 2.20. The van der Waals surface area contributed by atoms with E-state index >= 15 is 0 Å². The normalized spacial score (nSPS) is 21.2. The summed E-state index contributed by atoms with van der Waals surface area (Å²) in [5, 5.41) is 16.6. The Hall–Kier alpha value is -2.15. The fourth-order valence-electron chi connectivity index (χ4n) is 3.29. The Labute approximate surface area is 142 Å². The predicted octanol–water partition coefficient (Wildman–Crippen LogP) is 2.10. The van der Waals surface area contributed by atoms with Gasteiger partial charge in [-0.25, -0.2) is 0 Å². The number of amides is 1. The summed E-state index contributed by atoms with van der Waals surface area (Å²) in [5.41, 5.74) is 0.868. The molecule has 1 aromatic rings. The van der Waals surface area contributed by atoms with Crippen LogP contribution in [0.1, 0.15) is 20.3 Å². The molecule has 2 N–H and O–H groups in total. The fraction of sp³-hybridized carbons (Fsp3) is 0.588. The highest BCUT2D eigenvalue weighted by molar-refractivity contribution is 5.78. The lowest BCUT2D eigenvalue weighted by Gasteiger charge is -2.34. The maximum Gasteiger partial charge on any atom is 0.269 e. The van der Waals surface area contributed by atoms with Crippen LogP contribution in [0.15, 0.2) is 24.3 Å². The van der Waals surface area contributed by atoms with Gasteiger partial charge in [-0.2, -0.15) is 0 Å². The van der Waals surface area contributed by atoms with E-state index in [1.54, 1.807) is 12.1 Å². The van der Waals surface area contributed by atoms with Crippen molar-refractivity contribution in [1.29, 1.82) is 0 Å². The van der Waals surface area contributed by atoms with Gasteiger partial charge in [0.1, 0.15) is 0 Å². The number of anilines is 1. The number of benzene rings is 1. The van der Waals surface area contributed by atoms with Gasteiger partial charge in [0.2, 0.25) is 5.91 Å². The summed E-state index contributed by atoms with van der Waals surface area (Å²) in [6.45, 7) is 7.98. The molecule has 1 amide bonds. The van der Waals surface area contributed by atoms with Gasteiger partial charge in [-0.1, -0.05) is 13.8 Å². The van der Waals surface area contributed by atoms with Crippen LogP contribution in [0.4, 0.5) is 11.4 Å². The average Bonchev–Trinajstić information content (AvgIpc) is 2.51. The molecular formula is C17H26N4O3. The van der Waals surface area contributed by atoms with E-state index in [1.165, 1.54) is 18.6 Å². The van der Waals surface area contributed by atoms with Gasteiger partial charge in [0.05, 0.1) is 11.5 Å². The molecule has 0 saturated carbocycles. The summed E-state index contributed by atoms with van der Waals surface area (Å²) >= 11 is 0. The Morgan fingerprint density at radius 3 is 2.42 bits per heavy atom. The second-order valence-electron chi connectivity index (χ2n) is 6.72. The highest BCUT2D eigenvalue weighted by Gasteiger charge is 2.22. The second kappa shape index (κ2) is 8.63. The van der Waals surface area contributed by atoms with Crippen LogP contribution < -0.4 is 10.6 Å². The highest BCUT2D eigenvalue weighted by atomic mass is 16.6. The summed E-state index contributed by atoms with van der Waals surface area (Å²) in [7, 11) is 0. The number of carbonyl (C=O) groups is 1. The van der Waals surface area contributed by atoms with E-state index in [0.29, 0.717) is 31.5 Å².